The van der Waals surface area contributed by atoms with Crippen molar-refractivity contribution in [2.24, 2.45) is 10.7 Å². The van der Waals surface area contributed by atoms with Crippen LogP contribution in [0.25, 0.3) is 0 Å². The van der Waals surface area contributed by atoms with Crippen molar-refractivity contribution < 1.29 is 18.0 Å². The molecule has 0 heterocycles. The summed E-state index contributed by atoms with van der Waals surface area (Å²) in [6.45, 7) is 6.27. The Morgan fingerprint density at radius 1 is 1.12 bits per heavy atom. The number of para-hydroxylation sites is 1. The van der Waals surface area contributed by atoms with E-state index in [0.717, 1.165) is 12.5 Å². The summed E-state index contributed by atoms with van der Waals surface area (Å²) in [5, 5.41) is 5.92. The molecule has 0 spiro atoms. The molecule has 2 aromatic rings. The quantitative estimate of drug-likeness (QED) is 0.0859. The fourth-order valence-electron chi connectivity index (χ4n) is 2.74. The lowest BCUT2D eigenvalue weighted by molar-refractivity contribution is -0.138. The van der Waals surface area contributed by atoms with E-state index in [2.05, 4.69) is 27.9 Å². The third-order valence-electron chi connectivity index (χ3n) is 4.34. The van der Waals surface area contributed by atoms with E-state index in [4.69, 9.17) is 5.73 Å². The molecule has 9 heteroatoms. The average Bonchev–Trinajstić information content (AvgIpc) is 2.81. The number of alkyl halides is 3. The number of aliphatic imine (C=N–C) groups is 1. The van der Waals surface area contributed by atoms with Crippen molar-refractivity contribution in [1.29, 1.82) is 0 Å². The second-order valence-electron chi connectivity index (χ2n) is 6.68. The van der Waals surface area contributed by atoms with E-state index in [1.54, 1.807) is 24.3 Å². The van der Waals surface area contributed by atoms with Gasteiger partial charge >= 0.3 is 6.18 Å². The van der Waals surface area contributed by atoms with Gasteiger partial charge in [0.1, 0.15) is 5.84 Å². The van der Waals surface area contributed by atoms with Gasteiger partial charge in [-0.3, -0.25) is 9.79 Å². The Hall–Kier alpha value is -3.59. The Bertz CT molecular complexity index is 984. The van der Waals surface area contributed by atoms with Crippen LogP contribution in [0.5, 0.6) is 0 Å². The molecule has 6 N–H and O–H groups in total. The van der Waals surface area contributed by atoms with Gasteiger partial charge in [0.15, 0.2) is 6.29 Å². The molecular weight excluding hydrogens is 431 g/mol. The molecule has 0 saturated carbocycles. The largest absolute Gasteiger partial charge is 0.416 e. The van der Waals surface area contributed by atoms with Crippen LogP contribution in [0.3, 0.4) is 0 Å². The van der Waals surface area contributed by atoms with Crippen molar-refractivity contribution in [3.8, 4) is 0 Å². The Kier molecular flexibility index (Phi) is 11.4. The highest BCUT2D eigenvalue weighted by molar-refractivity contribution is 6.04. The molecular formula is C24H30F3N5O. The maximum absolute atomic E-state index is 13.3. The molecule has 0 aromatic heterocycles. The van der Waals surface area contributed by atoms with Crippen LogP contribution in [0.1, 0.15) is 30.0 Å². The highest BCUT2D eigenvalue weighted by Gasteiger charge is 2.32. The van der Waals surface area contributed by atoms with Gasteiger partial charge in [0.05, 0.1) is 17.7 Å². The minimum absolute atomic E-state index is 0.0187. The summed E-state index contributed by atoms with van der Waals surface area (Å²) in [6, 6.07) is 12.0. The molecule has 0 aliphatic heterocycles. The Labute approximate surface area is 192 Å². The topological polar surface area (TPSA) is 106 Å². The number of hydrogen-bond acceptors (Lipinski definition) is 5. The first-order valence-corrected chi connectivity index (χ1v) is 10.2. The van der Waals surface area contributed by atoms with Gasteiger partial charge in [-0.25, -0.2) is 0 Å². The summed E-state index contributed by atoms with van der Waals surface area (Å²) in [4.78, 5) is 15.8. The highest BCUT2D eigenvalue weighted by atomic mass is 19.4. The normalized spacial score (nSPS) is 11.8. The summed E-state index contributed by atoms with van der Waals surface area (Å²) >= 11 is 0. The fraction of sp³-hybridized carbons (Fsp3) is 0.250. The lowest BCUT2D eigenvalue weighted by atomic mass is 10.1. The van der Waals surface area contributed by atoms with Crippen LogP contribution in [0.15, 0.2) is 77.6 Å². The van der Waals surface area contributed by atoms with Crippen LogP contribution in [0.4, 0.5) is 18.9 Å². The predicted molar refractivity (Wildman–Crippen MR) is 127 cm³/mol. The Morgan fingerprint density at radius 3 is 2.36 bits per heavy atom. The molecule has 0 saturated heterocycles. The number of aldehydes is 1. The number of nitrogens with two attached hydrogens (primary N) is 2. The number of amidine groups is 1. The van der Waals surface area contributed by atoms with Crippen LogP contribution in [0.2, 0.25) is 0 Å². The van der Waals surface area contributed by atoms with E-state index in [1.807, 2.05) is 6.92 Å². The zero-order valence-electron chi connectivity index (χ0n) is 18.7. The average molecular weight is 462 g/mol. The summed E-state index contributed by atoms with van der Waals surface area (Å²) in [6.07, 6.45) is -1.47. The van der Waals surface area contributed by atoms with Crippen LogP contribution < -0.4 is 22.1 Å². The fourth-order valence-corrected chi connectivity index (χ4v) is 2.74. The minimum atomic E-state index is -4.49. The van der Waals surface area contributed by atoms with Crippen molar-refractivity contribution in [3.63, 3.8) is 0 Å². The zero-order chi connectivity index (χ0) is 24.9. The second-order valence-corrected chi connectivity index (χ2v) is 6.68. The molecule has 6 nitrogen and oxygen atoms in total. The summed E-state index contributed by atoms with van der Waals surface area (Å²) < 4.78 is 40.0. The smallest absolute Gasteiger partial charge is 0.398 e. The van der Waals surface area contributed by atoms with E-state index in [1.165, 1.54) is 31.4 Å². The van der Waals surface area contributed by atoms with Gasteiger partial charge in [0.2, 0.25) is 0 Å². The van der Waals surface area contributed by atoms with E-state index < -0.39 is 11.7 Å². The van der Waals surface area contributed by atoms with Gasteiger partial charge in [-0.05, 0) is 37.2 Å². The molecule has 33 heavy (non-hydrogen) atoms. The van der Waals surface area contributed by atoms with Crippen molar-refractivity contribution in [3.05, 3.63) is 89.3 Å². The van der Waals surface area contributed by atoms with Crippen LogP contribution in [-0.2, 0) is 17.5 Å². The molecule has 0 atom stereocenters. The predicted octanol–water partition coefficient (Wildman–Crippen LogP) is 4.00. The number of nitrogens with zero attached hydrogens (tertiary/aromatic N) is 1. The van der Waals surface area contributed by atoms with E-state index >= 15 is 0 Å². The number of carbonyl (C=O) groups excluding carboxylic acids is 1. The number of allylic oxidation sites excluding steroid dienone is 1. The highest BCUT2D eigenvalue weighted by Crippen LogP contribution is 2.32. The standard InChI is InChI=1S/C23H25F3N4O.CH5N/c1-3-12-28-13-18(15-31)16(2)30-22(19-9-5-7-11-21(19)27)29-14-17-8-4-6-10-20(17)23(24,25)26;1-2/h4-11,13,15,28H,2-3,12,14,27H2,1H3,(H,29,30);2H2,1H3/b18-13-;. The number of benzene rings is 2. The third-order valence-corrected chi connectivity index (χ3v) is 4.34. The number of nitrogens with one attached hydrogen (secondary N) is 2. The van der Waals surface area contributed by atoms with Gasteiger partial charge in [0.25, 0.3) is 0 Å². The van der Waals surface area contributed by atoms with Crippen molar-refractivity contribution >= 4 is 17.8 Å². The van der Waals surface area contributed by atoms with Crippen molar-refractivity contribution in [1.82, 2.24) is 10.6 Å². The van der Waals surface area contributed by atoms with Gasteiger partial charge in [-0.15, -0.1) is 0 Å². The molecule has 0 amide bonds. The molecule has 0 unspecified atom stereocenters. The van der Waals surface area contributed by atoms with Crippen LogP contribution >= 0.6 is 0 Å². The first-order chi connectivity index (χ1) is 15.8. The number of carbonyl (C=O) groups is 1. The second kappa shape index (κ2) is 13.7. The van der Waals surface area contributed by atoms with Crippen LogP contribution in [0, 0.1) is 0 Å². The summed E-state index contributed by atoms with van der Waals surface area (Å²) in [5.74, 6) is 0.211. The molecule has 0 fully saturated rings. The maximum Gasteiger partial charge on any atom is 0.416 e. The minimum Gasteiger partial charge on any atom is -0.398 e. The molecule has 0 aliphatic carbocycles. The van der Waals surface area contributed by atoms with Gasteiger partial charge in [0, 0.05) is 29.7 Å². The Balaban J connectivity index is 0.00000265. The first-order valence-electron chi connectivity index (χ1n) is 10.2. The SMILES string of the molecule is C=C(NC(=NCc1ccccc1C(F)(F)F)c1ccccc1N)/C(C=O)=C\NCCC.CN. The van der Waals surface area contributed by atoms with Gasteiger partial charge in [-0.2, -0.15) is 13.2 Å². The van der Waals surface area contributed by atoms with Crippen molar-refractivity contribution in [2.45, 2.75) is 26.1 Å². The van der Waals surface area contributed by atoms with E-state index in [-0.39, 0.29) is 29.2 Å². The summed E-state index contributed by atoms with van der Waals surface area (Å²) in [5.41, 5.74) is 11.2. The Morgan fingerprint density at radius 2 is 1.76 bits per heavy atom. The monoisotopic (exact) mass is 461 g/mol. The van der Waals surface area contributed by atoms with E-state index in [0.29, 0.717) is 24.1 Å². The lowest BCUT2D eigenvalue weighted by Crippen LogP contribution is -2.26. The zero-order valence-corrected chi connectivity index (χ0v) is 18.7. The van der Waals surface area contributed by atoms with Crippen LogP contribution in [-0.4, -0.2) is 25.7 Å². The number of halogens is 3. The number of nitrogen functional groups attached to an aromatic ring is 1. The number of hydrogen-bond donors (Lipinski definition) is 4. The molecule has 2 rings (SSSR count). The molecule has 0 radical (unpaired) electrons. The van der Waals surface area contributed by atoms with Crippen molar-refractivity contribution in [2.75, 3.05) is 19.3 Å². The summed E-state index contributed by atoms with van der Waals surface area (Å²) in [7, 11) is 1.50. The molecule has 0 bridgehead atoms. The number of rotatable bonds is 9. The van der Waals surface area contributed by atoms with Gasteiger partial charge < -0.3 is 22.1 Å². The lowest BCUT2D eigenvalue weighted by Gasteiger charge is -2.16. The molecule has 178 valence electrons. The number of anilines is 1. The van der Waals surface area contributed by atoms with E-state index in [9.17, 15) is 18.0 Å². The third kappa shape index (κ3) is 8.46. The first kappa shape index (κ1) is 27.4. The maximum atomic E-state index is 13.3. The van der Waals surface area contributed by atoms with Gasteiger partial charge in [-0.1, -0.05) is 43.8 Å². The molecule has 2 aromatic carbocycles. The molecule has 0 aliphatic rings.